The number of halogens is 3. The first-order chi connectivity index (χ1) is 10.7. The third-order valence-corrected chi connectivity index (χ3v) is 3.58. The van der Waals surface area contributed by atoms with Crippen molar-refractivity contribution in [2.75, 3.05) is 6.54 Å². The van der Waals surface area contributed by atoms with Crippen LogP contribution in [0.25, 0.3) is 5.65 Å². The van der Waals surface area contributed by atoms with Crippen molar-refractivity contribution >= 4 is 11.6 Å². The summed E-state index contributed by atoms with van der Waals surface area (Å²) in [7, 11) is 0. The van der Waals surface area contributed by atoms with Crippen LogP contribution in [-0.4, -0.2) is 21.8 Å². The molecule has 2 heterocycles. The number of amides is 1. The van der Waals surface area contributed by atoms with Gasteiger partial charge in [-0.2, -0.15) is 13.2 Å². The van der Waals surface area contributed by atoms with E-state index in [1.807, 2.05) is 20.8 Å². The first-order valence-corrected chi connectivity index (χ1v) is 7.60. The average molecular weight is 327 g/mol. The van der Waals surface area contributed by atoms with Gasteiger partial charge in [0.1, 0.15) is 11.3 Å². The predicted octanol–water partition coefficient (Wildman–Crippen LogP) is 3.69. The zero-order valence-corrected chi connectivity index (χ0v) is 13.4. The third-order valence-electron chi connectivity index (χ3n) is 3.58. The summed E-state index contributed by atoms with van der Waals surface area (Å²) in [5.41, 5.74) is 0.203. The smallest absolute Gasteiger partial charge is 0.351 e. The van der Waals surface area contributed by atoms with Crippen LogP contribution in [0.2, 0.25) is 0 Å². The second-order valence-electron chi connectivity index (χ2n) is 5.84. The van der Waals surface area contributed by atoms with E-state index in [1.54, 1.807) is 0 Å². The van der Waals surface area contributed by atoms with Crippen molar-refractivity contribution in [3.8, 4) is 0 Å². The molecule has 0 unspecified atom stereocenters. The lowest BCUT2D eigenvalue weighted by Crippen LogP contribution is -2.27. The Balaban J connectivity index is 2.41. The standard InChI is InChI=1S/C16H20F3N3O/c1-4-12-14(15(23)20-8-7-10(2)3)22-9-11(16(17,18)19)5-6-13(22)21-12/h5-6,9-10H,4,7-8H2,1-3H3,(H,20,23). The Morgan fingerprint density at radius 3 is 2.61 bits per heavy atom. The van der Waals surface area contributed by atoms with Crippen LogP contribution in [0.5, 0.6) is 0 Å². The maximum Gasteiger partial charge on any atom is 0.417 e. The number of nitrogens with one attached hydrogen (secondary N) is 1. The van der Waals surface area contributed by atoms with Gasteiger partial charge in [0.25, 0.3) is 5.91 Å². The molecule has 0 saturated heterocycles. The van der Waals surface area contributed by atoms with E-state index in [2.05, 4.69) is 10.3 Å². The van der Waals surface area contributed by atoms with Gasteiger partial charge in [0.2, 0.25) is 0 Å². The molecule has 0 radical (unpaired) electrons. The number of hydrogen-bond donors (Lipinski definition) is 1. The van der Waals surface area contributed by atoms with E-state index < -0.39 is 17.6 Å². The third kappa shape index (κ3) is 3.83. The van der Waals surface area contributed by atoms with E-state index in [9.17, 15) is 18.0 Å². The lowest BCUT2D eigenvalue weighted by molar-refractivity contribution is -0.137. The van der Waals surface area contributed by atoms with Gasteiger partial charge in [-0.05, 0) is 30.9 Å². The highest BCUT2D eigenvalue weighted by molar-refractivity contribution is 5.94. The van der Waals surface area contributed by atoms with Crippen molar-refractivity contribution in [2.24, 2.45) is 5.92 Å². The second-order valence-corrected chi connectivity index (χ2v) is 5.84. The Morgan fingerprint density at radius 2 is 2.04 bits per heavy atom. The number of aryl methyl sites for hydroxylation is 1. The van der Waals surface area contributed by atoms with Crippen molar-refractivity contribution < 1.29 is 18.0 Å². The fourth-order valence-electron chi connectivity index (χ4n) is 2.31. The zero-order chi connectivity index (χ0) is 17.2. The summed E-state index contributed by atoms with van der Waals surface area (Å²) in [6, 6.07) is 2.26. The Bertz CT molecular complexity index is 704. The van der Waals surface area contributed by atoms with E-state index in [-0.39, 0.29) is 5.69 Å². The van der Waals surface area contributed by atoms with Crippen LogP contribution in [0.1, 0.15) is 48.9 Å². The van der Waals surface area contributed by atoms with Crippen LogP contribution < -0.4 is 5.32 Å². The van der Waals surface area contributed by atoms with Gasteiger partial charge in [-0.15, -0.1) is 0 Å². The molecule has 7 heteroatoms. The molecule has 0 spiro atoms. The summed E-state index contributed by atoms with van der Waals surface area (Å²) < 4.78 is 39.9. The highest BCUT2D eigenvalue weighted by atomic mass is 19.4. The summed E-state index contributed by atoms with van der Waals surface area (Å²) in [6.45, 7) is 6.37. The number of aromatic nitrogens is 2. The Morgan fingerprint density at radius 1 is 1.35 bits per heavy atom. The first-order valence-electron chi connectivity index (χ1n) is 7.60. The van der Waals surface area contributed by atoms with E-state index in [0.29, 0.717) is 30.2 Å². The maximum atomic E-state index is 12.9. The number of carbonyl (C=O) groups is 1. The highest BCUT2D eigenvalue weighted by Gasteiger charge is 2.31. The minimum atomic E-state index is -4.46. The van der Waals surface area contributed by atoms with Crippen molar-refractivity contribution in [3.63, 3.8) is 0 Å². The molecular weight excluding hydrogens is 307 g/mol. The summed E-state index contributed by atoms with van der Waals surface area (Å²) in [6.07, 6.45) is -2.26. The molecule has 1 N–H and O–H groups in total. The van der Waals surface area contributed by atoms with Crippen LogP contribution in [0.4, 0.5) is 13.2 Å². The Labute approximate surface area is 132 Å². The van der Waals surface area contributed by atoms with Crippen LogP contribution in [0.15, 0.2) is 18.3 Å². The molecule has 126 valence electrons. The molecule has 0 aliphatic heterocycles. The molecule has 0 aromatic carbocycles. The SMILES string of the molecule is CCc1nc2ccc(C(F)(F)F)cn2c1C(=O)NCCC(C)C. The number of fused-ring (bicyclic) bond motifs is 1. The van der Waals surface area contributed by atoms with Crippen LogP contribution in [0.3, 0.4) is 0 Å². The van der Waals surface area contributed by atoms with E-state index in [0.717, 1.165) is 18.7 Å². The first kappa shape index (κ1) is 17.3. The number of imidazole rings is 1. The molecule has 2 aromatic rings. The van der Waals surface area contributed by atoms with Crippen LogP contribution >= 0.6 is 0 Å². The molecule has 2 rings (SSSR count). The summed E-state index contributed by atoms with van der Waals surface area (Å²) in [5, 5.41) is 2.76. The van der Waals surface area contributed by atoms with Crippen molar-refractivity contribution in [3.05, 3.63) is 35.3 Å². The van der Waals surface area contributed by atoms with Crippen LogP contribution in [-0.2, 0) is 12.6 Å². The normalized spacial score (nSPS) is 12.1. The number of pyridine rings is 1. The van der Waals surface area contributed by atoms with Gasteiger partial charge in [-0.1, -0.05) is 20.8 Å². The molecular formula is C16H20F3N3O. The number of carbonyl (C=O) groups excluding carboxylic acids is 1. The molecule has 1 amide bonds. The summed E-state index contributed by atoms with van der Waals surface area (Å²) in [5.74, 6) is 0.0364. The van der Waals surface area contributed by atoms with Crippen molar-refractivity contribution in [2.45, 2.75) is 39.8 Å². The molecule has 0 aliphatic carbocycles. The van der Waals surface area contributed by atoms with Crippen LogP contribution in [0, 0.1) is 5.92 Å². The van der Waals surface area contributed by atoms with Gasteiger partial charge in [-0.25, -0.2) is 4.98 Å². The van der Waals surface area contributed by atoms with Gasteiger partial charge < -0.3 is 5.32 Å². The highest BCUT2D eigenvalue weighted by Crippen LogP contribution is 2.29. The quantitative estimate of drug-likeness (QED) is 0.910. The second kappa shape index (κ2) is 6.60. The largest absolute Gasteiger partial charge is 0.417 e. The number of alkyl halides is 3. The monoisotopic (exact) mass is 327 g/mol. The minimum Gasteiger partial charge on any atom is -0.351 e. The molecule has 0 bridgehead atoms. The maximum absolute atomic E-state index is 12.9. The number of rotatable bonds is 5. The van der Waals surface area contributed by atoms with Crippen molar-refractivity contribution in [1.29, 1.82) is 0 Å². The number of nitrogens with zero attached hydrogens (tertiary/aromatic N) is 2. The zero-order valence-electron chi connectivity index (χ0n) is 13.4. The number of hydrogen-bond acceptors (Lipinski definition) is 2. The van der Waals surface area contributed by atoms with Gasteiger partial charge in [0.15, 0.2) is 0 Å². The Kier molecular flexibility index (Phi) is 4.97. The average Bonchev–Trinajstić information content (AvgIpc) is 2.83. The van der Waals surface area contributed by atoms with Gasteiger partial charge in [0, 0.05) is 12.7 Å². The van der Waals surface area contributed by atoms with E-state index in [1.165, 1.54) is 10.5 Å². The summed E-state index contributed by atoms with van der Waals surface area (Å²) in [4.78, 5) is 16.6. The van der Waals surface area contributed by atoms with Crippen molar-refractivity contribution in [1.82, 2.24) is 14.7 Å². The molecule has 0 atom stereocenters. The summed E-state index contributed by atoms with van der Waals surface area (Å²) >= 11 is 0. The van der Waals surface area contributed by atoms with E-state index >= 15 is 0 Å². The predicted molar refractivity (Wildman–Crippen MR) is 81.4 cm³/mol. The topological polar surface area (TPSA) is 46.4 Å². The van der Waals surface area contributed by atoms with E-state index in [4.69, 9.17) is 0 Å². The Hall–Kier alpha value is -2.05. The molecule has 0 aliphatic rings. The van der Waals surface area contributed by atoms with Gasteiger partial charge >= 0.3 is 6.18 Å². The molecule has 0 fully saturated rings. The van der Waals surface area contributed by atoms with Gasteiger partial charge in [0.05, 0.1) is 11.3 Å². The molecule has 0 saturated carbocycles. The lowest BCUT2D eigenvalue weighted by atomic mass is 10.1. The molecule has 4 nitrogen and oxygen atoms in total. The molecule has 23 heavy (non-hydrogen) atoms. The van der Waals surface area contributed by atoms with Gasteiger partial charge in [-0.3, -0.25) is 9.20 Å². The molecule has 2 aromatic heterocycles. The minimum absolute atomic E-state index is 0.178. The fraction of sp³-hybridized carbons (Fsp3) is 0.500. The lowest BCUT2D eigenvalue weighted by Gasteiger charge is -2.10. The fourth-order valence-corrected chi connectivity index (χ4v) is 2.31.